The fourth-order valence-corrected chi connectivity index (χ4v) is 4.03. The summed E-state index contributed by atoms with van der Waals surface area (Å²) in [6.07, 6.45) is 7.68. The molecule has 2 rings (SSSR count). The number of likely N-dealkylation sites (tertiary alicyclic amines) is 1. The van der Waals surface area contributed by atoms with Gasteiger partial charge in [-0.2, -0.15) is 0 Å². The number of piperidine rings is 1. The van der Waals surface area contributed by atoms with Crippen LogP contribution in [0.15, 0.2) is 0 Å². The first-order valence-electron chi connectivity index (χ1n) is 7.73. The molecule has 2 fully saturated rings. The fourth-order valence-electron chi connectivity index (χ4n) is 4.03. The Morgan fingerprint density at radius 3 is 2.47 bits per heavy atom. The van der Waals surface area contributed by atoms with Crippen LogP contribution in [0.2, 0.25) is 0 Å². The van der Waals surface area contributed by atoms with Gasteiger partial charge in [-0.15, -0.1) is 0 Å². The lowest BCUT2D eigenvalue weighted by molar-refractivity contribution is -0.0878. The van der Waals surface area contributed by atoms with E-state index in [-0.39, 0.29) is 5.54 Å². The van der Waals surface area contributed by atoms with Crippen molar-refractivity contribution in [3.63, 3.8) is 0 Å². The molecule has 112 valence electrons. The van der Waals surface area contributed by atoms with Crippen molar-refractivity contribution in [1.29, 1.82) is 0 Å². The number of nitrogens with zero attached hydrogens (tertiary/aromatic N) is 1. The summed E-state index contributed by atoms with van der Waals surface area (Å²) in [5.41, 5.74) is 6.27. The minimum absolute atomic E-state index is 0.0883. The molecule has 0 aromatic rings. The summed E-state index contributed by atoms with van der Waals surface area (Å²) in [7, 11) is 3.65. The highest BCUT2D eigenvalue weighted by molar-refractivity contribution is 5.02. The Bertz CT molecular complexity index is 267. The van der Waals surface area contributed by atoms with Gasteiger partial charge in [-0.1, -0.05) is 12.8 Å². The average molecular weight is 270 g/mol. The average Bonchev–Trinajstić information content (AvgIpc) is 2.48. The Morgan fingerprint density at radius 2 is 1.89 bits per heavy atom. The number of rotatable bonds is 5. The van der Waals surface area contributed by atoms with E-state index in [2.05, 4.69) is 4.90 Å². The van der Waals surface area contributed by atoms with Gasteiger partial charge in [-0.3, -0.25) is 4.90 Å². The summed E-state index contributed by atoms with van der Waals surface area (Å²) in [6, 6.07) is 0. The van der Waals surface area contributed by atoms with Gasteiger partial charge >= 0.3 is 0 Å². The lowest BCUT2D eigenvalue weighted by atomic mass is 9.76. The van der Waals surface area contributed by atoms with E-state index in [1.165, 1.54) is 32.1 Å². The third kappa shape index (κ3) is 3.13. The zero-order chi connectivity index (χ0) is 13.7. The second kappa shape index (κ2) is 7.02. The van der Waals surface area contributed by atoms with Crippen LogP contribution in [-0.4, -0.2) is 57.0 Å². The summed E-state index contributed by atoms with van der Waals surface area (Å²) in [5, 5.41) is 0. The molecule has 2 aliphatic rings. The zero-order valence-corrected chi connectivity index (χ0v) is 12.6. The van der Waals surface area contributed by atoms with E-state index in [0.29, 0.717) is 6.10 Å². The van der Waals surface area contributed by atoms with Gasteiger partial charge in [0, 0.05) is 27.4 Å². The van der Waals surface area contributed by atoms with Crippen LogP contribution >= 0.6 is 0 Å². The molecule has 2 atom stereocenters. The van der Waals surface area contributed by atoms with Gasteiger partial charge in [-0.25, -0.2) is 0 Å². The van der Waals surface area contributed by atoms with Crippen LogP contribution in [0.4, 0.5) is 0 Å². The molecule has 2 unspecified atom stereocenters. The normalized spacial score (nSPS) is 34.6. The monoisotopic (exact) mass is 270 g/mol. The molecule has 0 aromatic heterocycles. The summed E-state index contributed by atoms with van der Waals surface area (Å²) < 4.78 is 11.1. The molecule has 2 N–H and O–H groups in total. The van der Waals surface area contributed by atoms with Crippen molar-refractivity contribution in [3.05, 3.63) is 0 Å². The maximum Gasteiger partial charge on any atom is 0.0767 e. The van der Waals surface area contributed by atoms with E-state index in [1.54, 1.807) is 7.11 Å². The van der Waals surface area contributed by atoms with Gasteiger partial charge in [-0.05, 0) is 44.7 Å². The lowest BCUT2D eigenvalue weighted by Gasteiger charge is -2.52. The van der Waals surface area contributed by atoms with Crippen LogP contribution in [0, 0.1) is 5.92 Å². The van der Waals surface area contributed by atoms with Gasteiger partial charge in [0.15, 0.2) is 0 Å². The highest BCUT2D eigenvalue weighted by Gasteiger charge is 2.45. The van der Waals surface area contributed by atoms with Crippen LogP contribution in [0.1, 0.15) is 38.5 Å². The fraction of sp³-hybridized carbons (Fsp3) is 1.00. The van der Waals surface area contributed by atoms with E-state index in [1.807, 2.05) is 7.11 Å². The summed E-state index contributed by atoms with van der Waals surface area (Å²) >= 11 is 0. The molecule has 0 radical (unpaired) electrons. The molecule has 1 saturated carbocycles. The molecule has 4 heteroatoms. The molecule has 0 amide bonds. The van der Waals surface area contributed by atoms with E-state index in [0.717, 1.165) is 38.6 Å². The Hall–Kier alpha value is -0.160. The van der Waals surface area contributed by atoms with Crippen LogP contribution in [0.5, 0.6) is 0 Å². The van der Waals surface area contributed by atoms with Crippen molar-refractivity contribution in [2.45, 2.75) is 50.2 Å². The molecule has 1 aliphatic heterocycles. The molecule has 0 aromatic carbocycles. The van der Waals surface area contributed by atoms with Crippen LogP contribution in [0.3, 0.4) is 0 Å². The van der Waals surface area contributed by atoms with Crippen molar-refractivity contribution in [1.82, 2.24) is 4.90 Å². The van der Waals surface area contributed by atoms with Crippen molar-refractivity contribution in [2.24, 2.45) is 11.7 Å². The van der Waals surface area contributed by atoms with Gasteiger partial charge in [0.1, 0.15) is 0 Å². The summed E-state index contributed by atoms with van der Waals surface area (Å²) in [4.78, 5) is 2.62. The van der Waals surface area contributed by atoms with E-state index in [9.17, 15) is 0 Å². The third-order valence-electron chi connectivity index (χ3n) is 5.21. The number of hydrogen-bond acceptors (Lipinski definition) is 4. The molecule has 1 heterocycles. The zero-order valence-electron chi connectivity index (χ0n) is 12.6. The van der Waals surface area contributed by atoms with Crippen molar-refractivity contribution in [2.75, 3.05) is 40.5 Å². The van der Waals surface area contributed by atoms with Crippen LogP contribution < -0.4 is 5.73 Å². The molecule has 19 heavy (non-hydrogen) atoms. The van der Waals surface area contributed by atoms with Crippen LogP contribution in [-0.2, 0) is 9.47 Å². The number of hydrogen-bond donors (Lipinski definition) is 1. The maximum absolute atomic E-state index is 6.18. The van der Waals surface area contributed by atoms with Gasteiger partial charge in [0.05, 0.1) is 11.6 Å². The van der Waals surface area contributed by atoms with E-state index >= 15 is 0 Å². The highest BCUT2D eigenvalue weighted by atomic mass is 16.5. The Balaban J connectivity index is 2.01. The smallest absolute Gasteiger partial charge is 0.0767 e. The summed E-state index contributed by atoms with van der Waals surface area (Å²) in [5.74, 6) is 0.723. The molecule has 4 nitrogen and oxygen atoms in total. The summed E-state index contributed by atoms with van der Waals surface area (Å²) in [6.45, 7) is 3.91. The second-order valence-electron chi connectivity index (χ2n) is 6.16. The Kier molecular flexibility index (Phi) is 5.63. The first kappa shape index (κ1) is 15.2. The number of ether oxygens (including phenoxy) is 2. The van der Waals surface area contributed by atoms with E-state index < -0.39 is 0 Å². The second-order valence-corrected chi connectivity index (χ2v) is 6.16. The highest BCUT2D eigenvalue weighted by Crippen LogP contribution is 2.37. The molecule has 0 spiro atoms. The van der Waals surface area contributed by atoms with Gasteiger partial charge in [0.2, 0.25) is 0 Å². The van der Waals surface area contributed by atoms with E-state index in [4.69, 9.17) is 15.2 Å². The van der Waals surface area contributed by atoms with Crippen molar-refractivity contribution >= 4 is 0 Å². The molecule has 1 aliphatic carbocycles. The molecular formula is C15H30N2O2. The number of nitrogens with two attached hydrogens (primary N) is 1. The minimum atomic E-state index is 0.0883. The first-order valence-corrected chi connectivity index (χ1v) is 7.73. The van der Waals surface area contributed by atoms with Crippen molar-refractivity contribution < 1.29 is 9.47 Å². The van der Waals surface area contributed by atoms with Gasteiger partial charge in [0.25, 0.3) is 0 Å². The van der Waals surface area contributed by atoms with Gasteiger partial charge < -0.3 is 15.2 Å². The largest absolute Gasteiger partial charge is 0.384 e. The SMILES string of the molecule is COCC1CCN(C2(CN)CCCCC2OC)CC1. The quantitative estimate of drug-likeness (QED) is 0.825. The molecule has 0 bridgehead atoms. The minimum Gasteiger partial charge on any atom is -0.384 e. The Morgan fingerprint density at radius 1 is 1.16 bits per heavy atom. The predicted octanol–water partition coefficient (Wildman–Crippen LogP) is 1.63. The molecule has 1 saturated heterocycles. The van der Waals surface area contributed by atoms with Crippen molar-refractivity contribution in [3.8, 4) is 0 Å². The third-order valence-corrected chi connectivity index (χ3v) is 5.21. The predicted molar refractivity (Wildman–Crippen MR) is 77.2 cm³/mol. The van der Waals surface area contributed by atoms with Crippen LogP contribution in [0.25, 0.3) is 0 Å². The maximum atomic E-state index is 6.18. The lowest BCUT2D eigenvalue weighted by Crippen LogP contribution is -2.64. The first-order chi connectivity index (χ1) is 9.26. The Labute approximate surface area is 117 Å². The number of methoxy groups -OCH3 is 2. The standard InChI is InChI=1S/C15H30N2O2/c1-18-11-13-6-9-17(10-7-13)15(12-16)8-4-3-5-14(15)19-2/h13-14H,3-12,16H2,1-2H3. The molecular weight excluding hydrogens is 240 g/mol. The topological polar surface area (TPSA) is 47.7 Å².